The first-order valence-electron chi connectivity index (χ1n) is 6.96. The van der Waals surface area contributed by atoms with Gasteiger partial charge in [0.2, 0.25) is 0 Å². The van der Waals surface area contributed by atoms with Crippen LogP contribution in [-0.2, 0) is 12.8 Å². The van der Waals surface area contributed by atoms with Gasteiger partial charge in [0.05, 0.1) is 11.4 Å². The number of aryl methyl sites for hydroxylation is 1. The fraction of sp³-hybridized carbons (Fsp3) is 0.176. The van der Waals surface area contributed by atoms with Crippen LogP contribution in [0.2, 0.25) is 0 Å². The Bertz CT molecular complexity index is 772. The molecule has 0 spiro atoms. The molecule has 0 bridgehead atoms. The Morgan fingerprint density at radius 2 is 2.20 bits per heavy atom. The molecule has 0 amide bonds. The molecule has 0 fully saturated rings. The van der Waals surface area contributed by atoms with Gasteiger partial charge in [-0.15, -0.1) is 0 Å². The van der Waals surface area contributed by atoms with Gasteiger partial charge in [-0.1, -0.05) is 25.1 Å². The number of fused-ring (bicyclic) bond motifs is 3. The van der Waals surface area contributed by atoms with Gasteiger partial charge < -0.3 is 0 Å². The van der Waals surface area contributed by atoms with Gasteiger partial charge in [0.15, 0.2) is 0 Å². The number of H-pyrrole nitrogens is 1. The summed E-state index contributed by atoms with van der Waals surface area (Å²) in [5.74, 6) is 0. The number of hydrogen-bond acceptors (Lipinski definition) is 2. The van der Waals surface area contributed by atoms with Crippen molar-refractivity contribution in [1.29, 1.82) is 0 Å². The molecule has 0 saturated carbocycles. The highest BCUT2D eigenvalue weighted by Crippen LogP contribution is 2.40. The van der Waals surface area contributed by atoms with Gasteiger partial charge in [0, 0.05) is 35.5 Å². The summed E-state index contributed by atoms with van der Waals surface area (Å²) < 4.78 is 0. The zero-order valence-corrected chi connectivity index (χ0v) is 11.4. The van der Waals surface area contributed by atoms with E-state index in [9.17, 15) is 0 Å². The maximum Gasteiger partial charge on any atom is 0.0978 e. The lowest BCUT2D eigenvalue weighted by Crippen LogP contribution is -1.89. The van der Waals surface area contributed by atoms with E-state index in [4.69, 9.17) is 0 Å². The molecule has 20 heavy (non-hydrogen) atoms. The third-order valence-electron chi connectivity index (χ3n) is 4.02. The maximum absolute atomic E-state index is 4.48. The predicted molar refractivity (Wildman–Crippen MR) is 79.4 cm³/mol. The third kappa shape index (κ3) is 1.59. The molecule has 1 aromatic carbocycles. The number of nitrogens with one attached hydrogen (secondary N) is 1. The molecule has 0 aliphatic heterocycles. The van der Waals surface area contributed by atoms with E-state index in [2.05, 4.69) is 46.4 Å². The SMILES string of the molecule is CCc1ccc2c(c1)Cc1c(-c3cccnc3)n[nH]c1-2. The second kappa shape index (κ2) is 4.30. The summed E-state index contributed by atoms with van der Waals surface area (Å²) in [7, 11) is 0. The molecule has 1 N–H and O–H groups in total. The van der Waals surface area contributed by atoms with Crippen LogP contribution in [0.1, 0.15) is 23.6 Å². The van der Waals surface area contributed by atoms with Gasteiger partial charge in [-0.2, -0.15) is 5.10 Å². The van der Waals surface area contributed by atoms with E-state index in [0.717, 1.165) is 24.1 Å². The minimum Gasteiger partial charge on any atom is -0.277 e. The van der Waals surface area contributed by atoms with Crippen LogP contribution in [0.15, 0.2) is 42.7 Å². The summed E-state index contributed by atoms with van der Waals surface area (Å²) in [5, 5.41) is 7.69. The largest absolute Gasteiger partial charge is 0.277 e. The Hall–Kier alpha value is -2.42. The lowest BCUT2D eigenvalue weighted by atomic mass is 10.0. The Labute approximate surface area is 117 Å². The van der Waals surface area contributed by atoms with Crippen LogP contribution in [0.5, 0.6) is 0 Å². The van der Waals surface area contributed by atoms with Crippen LogP contribution in [0.3, 0.4) is 0 Å². The van der Waals surface area contributed by atoms with Crippen LogP contribution >= 0.6 is 0 Å². The van der Waals surface area contributed by atoms with Gasteiger partial charge in [0.25, 0.3) is 0 Å². The lowest BCUT2D eigenvalue weighted by molar-refractivity contribution is 1.08. The molecule has 0 atom stereocenters. The number of benzene rings is 1. The summed E-state index contributed by atoms with van der Waals surface area (Å²) in [6, 6.07) is 10.7. The highest BCUT2D eigenvalue weighted by Gasteiger charge is 2.25. The first kappa shape index (κ1) is 11.4. The van der Waals surface area contributed by atoms with E-state index < -0.39 is 0 Å². The third-order valence-corrected chi connectivity index (χ3v) is 4.02. The average Bonchev–Trinajstić information content (AvgIpc) is 3.06. The van der Waals surface area contributed by atoms with E-state index in [1.807, 2.05) is 12.3 Å². The maximum atomic E-state index is 4.48. The molecule has 2 heterocycles. The van der Waals surface area contributed by atoms with Gasteiger partial charge in [0.1, 0.15) is 0 Å². The Morgan fingerprint density at radius 1 is 1.25 bits per heavy atom. The highest BCUT2D eigenvalue weighted by atomic mass is 15.1. The summed E-state index contributed by atoms with van der Waals surface area (Å²) in [6.07, 6.45) is 5.70. The average molecular weight is 261 g/mol. The topological polar surface area (TPSA) is 41.6 Å². The van der Waals surface area contributed by atoms with Crippen LogP contribution in [0.25, 0.3) is 22.5 Å². The van der Waals surface area contributed by atoms with Crippen molar-refractivity contribution in [1.82, 2.24) is 15.2 Å². The molecule has 1 aliphatic carbocycles. The fourth-order valence-corrected chi connectivity index (χ4v) is 2.95. The van der Waals surface area contributed by atoms with Crippen molar-refractivity contribution in [3.05, 3.63) is 59.4 Å². The minimum absolute atomic E-state index is 0.958. The molecular weight excluding hydrogens is 246 g/mol. The van der Waals surface area contributed by atoms with Gasteiger partial charge >= 0.3 is 0 Å². The van der Waals surface area contributed by atoms with Crippen molar-refractivity contribution in [2.45, 2.75) is 19.8 Å². The van der Waals surface area contributed by atoms with Crippen LogP contribution in [0, 0.1) is 0 Å². The Balaban J connectivity index is 1.84. The zero-order valence-electron chi connectivity index (χ0n) is 11.4. The number of aromatic amines is 1. The molecule has 3 aromatic rings. The van der Waals surface area contributed by atoms with E-state index >= 15 is 0 Å². The van der Waals surface area contributed by atoms with Crippen LogP contribution < -0.4 is 0 Å². The molecule has 3 nitrogen and oxygen atoms in total. The van der Waals surface area contributed by atoms with Gasteiger partial charge in [-0.05, 0) is 29.7 Å². The quantitative estimate of drug-likeness (QED) is 0.599. The van der Waals surface area contributed by atoms with E-state index in [1.165, 1.54) is 27.9 Å². The Morgan fingerprint density at radius 3 is 3.00 bits per heavy atom. The number of nitrogens with zero attached hydrogens (tertiary/aromatic N) is 2. The predicted octanol–water partition coefficient (Wildman–Crippen LogP) is 3.61. The molecule has 2 aromatic heterocycles. The van der Waals surface area contributed by atoms with Crippen LogP contribution in [-0.4, -0.2) is 15.2 Å². The monoisotopic (exact) mass is 261 g/mol. The van der Waals surface area contributed by atoms with E-state index in [-0.39, 0.29) is 0 Å². The summed E-state index contributed by atoms with van der Waals surface area (Å²) in [6.45, 7) is 2.19. The summed E-state index contributed by atoms with van der Waals surface area (Å²) >= 11 is 0. The molecule has 98 valence electrons. The molecule has 0 unspecified atom stereocenters. The second-order valence-electron chi connectivity index (χ2n) is 5.19. The van der Waals surface area contributed by atoms with Crippen molar-refractivity contribution in [3.63, 3.8) is 0 Å². The van der Waals surface area contributed by atoms with Crippen molar-refractivity contribution in [2.75, 3.05) is 0 Å². The molecule has 3 heteroatoms. The lowest BCUT2D eigenvalue weighted by Gasteiger charge is -2.02. The first-order valence-corrected chi connectivity index (χ1v) is 6.96. The van der Waals surface area contributed by atoms with E-state index in [0.29, 0.717) is 0 Å². The van der Waals surface area contributed by atoms with Crippen molar-refractivity contribution < 1.29 is 0 Å². The van der Waals surface area contributed by atoms with Gasteiger partial charge in [-0.3, -0.25) is 10.1 Å². The van der Waals surface area contributed by atoms with Crippen LogP contribution in [0.4, 0.5) is 0 Å². The van der Waals surface area contributed by atoms with Crippen molar-refractivity contribution in [2.24, 2.45) is 0 Å². The standard InChI is InChI=1S/C17H15N3/c1-2-11-5-6-14-13(8-11)9-15-16(19-20-17(14)15)12-4-3-7-18-10-12/h3-8,10H,2,9H2,1H3,(H,19,20). The zero-order chi connectivity index (χ0) is 13.5. The first-order chi connectivity index (χ1) is 9.86. The summed E-state index contributed by atoms with van der Waals surface area (Å²) in [5.41, 5.74) is 8.65. The number of rotatable bonds is 2. The molecule has 0 saturated heterocycles. The number of pyridine rings is 1. The summed E-state index contributed by atoms with van der Waals surface area (Å²) in [4.78, 5) is 4.19. The normalized spacial score (nSPS) is 12.2. The molecule has 0 radical (unpaired) electrons. The molecular formula is C17H15N3. The van der Waals surface area contributed by atoms with E-state index in [1.54, 1.807) is 6.20 Å². The number of hydrogen-bond donors (Lipinski definition) is 1. The van der Waals surface area contributed by atoms with Crippen molar-refractivity contribution >= 4 is 0 Å². The molecule has 1 aliphatic rings. The minimum atomic E-state index is 0.958. The number of aromatic nitrogens is 3. The van der Waals surface area contributed by atoms with Crippen molar-refractivity contribution in [3.8, 4) is 22.5 Å². The smallest absolute Gasteiger partial charge is 0.0978 e. The second-order valence-corrected chi connectivity index (χ2v) is 5.19. The fourth-order valence-electron chi connectivity index (χ4n) is 2.95. The highest BCUT2D eigenvalue weighted by molar-refractivity contribution is 5.80. The molecule has 4 rings (SSSR count). The Kier molecular flexibility index (Phi) is 2.46. The van der Waals surface area contributed by atoms with Gasteiger partial charge in [-0.25, -0.2) is 0 Å².